The van der Waals surface area contributed by atoms with Crippen molar-refractivity contribution in [3.8, 4) is 5.88 Å². The maximum Gasteiger partial charge on any atom is 0.331 e. The molecule has 55 heavy (non-hydrogen) atoms. The molecule has 0 aliphatic carbocycles. The fraction of sp³-hybridized carbons (Fsp3) is 0.600. The number of H-pyrrole nitrogens is 1. The van der Waals surface area contributed by atoms with Crippen molar-refractivity contribution in [3.05, 3.63) is 89.9 Å². The van der Waals surface area contributed by atoms with Gasteiger partial charge < -0.3 is 28.8 Å². The molecule has 0 saturated carbocycles. The molecule has 0 bridgehead atoms. The summed E-state index contributed by atoms with van der Waals surface area (Å²) in [4.78, 5) is 12.1. The molecule has 4 aromatic rings. The standard InChI is InChI=1S/C45H69N4O5P/c1-2-3-4-5-6-7-8-9-10-11-12-13-14-15-16-23-31-51-32-25-33-53-55(50,54-38-41-28-21-18-22-29-41)34-24-30-46-35-42-36-47-44-43(42)48-39-49-45(44)52-37-40-26-19-17-20-27-40/h17-22,26-29,36,39,46-47H,2-16,23-25,30-35,37-38H2,1H3. The van der Waals surface area contributed by atoms with Gasteiger partial charge in [0.1, 0.15) is 18.5 Å². The molecule has 1 unspecified atom stereocenters. The van der Waals surface area contributed by atoms with Gasteiger partial charge in [0, 0.05) is 31.5 Å². The number of hydrogen-bond donors (Lipinski definition) is 2. The van der Waals surface area contributed by atoms with Crippen LogP contribution in [0.25, 0.3) is 11.0 Å². The molecular weight excluding hydrogens is 707 g/mol. The molecule has 0 spiro atoms. The number of rotatable bonds is 34. The van der Waals surface area contributed by atoms with Crippen molar-refractivity contribution < 1.29 is 23.1 Å². The highest BCUT2D eigenvalue weighted by atomic mass is 31.2. The Kier molecular flexibility index (Phi) is 23.0. The van der Waals surface area contributed by atoms with Crippen molar-refractivity contribution in [1.29, 1.82) is 0 Å². The second kappa shape index (κ2) is 28.3. The van der Waals surface area contributed by atoms with E-state index in [-0.39, 0.29) is 6.61 Å². The summed E-state index contributed by atoms with van der Waals surface area (Å²) in [5.41, 5.74) is 4.66. The number of ether oxygens (including phenoxy) is 2. The monoisotopic (exact) mass is 777 g/mol. The van der Waals surface area contributed by atoms with E-state index in [0.717, 1.165) is 40.8 Å². The molecule has 0 radical (unpaired) electrons. The molecule has 0 amide bonds. The normalized spacial score (nSPS) is 12.7. The van der Waals surface area contributed by atoms with Gasteiger partial charge in [0.25, 0.3) is 0 Å². The van der Waals surface area contributed by atoms with Gasteiger partial charge in [0.05, 0.1) is 24.9 Å². The van der Waals surface area contributed by atoms with E-state index >= 15 is 0 Å². The van der Waals surface area contributed by atoms with Gasteiger partial charge in [0.2, 0.25) is 5.88 Å². The minimum Gasteiger partial charge on any atom is -0.471 e. The van der Waals surface area contributed by atoms with Crippen LogP contribution in [0, 0.1) is 0 Å². The molecule has 0 aliphatic heterocycles. The fourth-order valence-electron chi connectivity index (χ4n) is 6.69. The van der Waals surface area contributed by atoms with Crippen LogP contribution in [0.3, 0.4) is 0 Å². The van der Waals surface area contributed by atoms with Gasteiger partial charge in [-0.1, -0.05) is 164 Å². The molecule has 0 fully saturated rings. The number of aromatic nitrogens is 3. The van der Waals surface area contributed by atoms with Crippen molar-refractivity contribution in [3.63, 3.8) is 0 Å². The highest BCUT2D eigenvalue weighted by Crippen LogP contribution is 2.49. The molecule has 9 nitrogen and oxygen atoms in total. The Labute approximate surface area is 331 Å². The molecule has 2 N–H and O–H groups in total. The molecule has 10 heteroatoms. The molecule has 2 aromatic heterocycles. The summed E-state index contributed by atoms with van der Waals surface area (Å²) in [7, 11) is -3.30. The summed E-state index contributed by atoms with van der Waals surface area (Å²) in [6.07, 6.45) is 27.0. The van der Waals surface area contributed by atoms with Crippen molar-refractivity contribution in [2.75, 3.05) is 32.5 Å². The first-order valence-corrected chi connectivity index (χ1v) is 23.1. The second-order valence-electron chi connectivity index (χ2n) is 14.7. The van der Waals surface area contributed by atoms with Crippen LogP contribution in [0.15, 0.2) is 73.2 Å². The number of fused-ring (bicyclic) bond motifs is 1. The Balaban J connectivity index is 1.05. The first-order valence-electron chi connectivity index (χ1n) is 21.3. The van der Waals surface area contributed by atoms with Gasteiger partial charge in [-0.2, -0.15) is 4.98 Å². The quantitative estimate of drug-likeness (QED) is 0.0357. The van der Waals surface area contributed by atoms with E-state index in [1.54, 1.807) is 0 Å². The molecule has 0 aliphatic rings. The lowest BCUT2D eigenvalue weighted by molar-refractivity contribution is 0.110. The van der Waals surface area contributed by atoms with E-state index in [1.165, 1.54) is 103 Å². The van der Waals surface area contributed by atoms with Crippen LogP contribution < -0.4 is 10.1 Å². The largest absolute Gasteiger partial charge is 0.471 e. The molecule has 304 valence electrons. The van der Waals surface area contributed by atoms with Crippen molar-refractivity contribution in [1.82, 2.24) is 20.3 Å². The smallest absolute Gasteiger partial charge is 0.331 e. The summed E-state index contributed by atoms with van der Waals surface area (Å²) >= 11 is 0. The Bertz CT molecular complexity index is 1570. The number of hydrogen-bond acceptors (Lipinski definition) is 8. The third kappa shape index (κ3) is 19.1. The highest BCUT2D eigenvalue weighted by molar-refractivity contribution is 7.53. The van der Waals surface area contributed by atoms with Crippen LogP contribution in [0.5, 0.6) is 5.88 Å². The van der Waals surface area contributed by atoms with Gasteiger partial charge in [0.15, 0.2) is 0 Å². The predicted octanol–water partition coefficient (Wildman–Crippen LogP) is 12.1. The zero-order valence-electron chi connectivity index (χ0n) is 33.7. The summed E-state index contributed by atoms with van der Waals surface area (Å²) < 4.78 is 37.6. The Hall–Kier alpha value is -3.07. The predicted molar refractivity (Wildman–Crippen MR) is 226 cm³/mol. The molecule has 4 rings (SSSR count). The van der Waals surface area contributed by atoms with E-state index in [2.05, 4.69) is 27.2 Å². The average molecular weight is 777 g/mol. The van der Waals surface area contributed by atoms with Gasteiger partial charge in [-0.3, -0.25) is 4.57 Å². The molecular formula is C45H69N4O5P. The van der Waals surface area contributed by atoms with Crippen LogP contribution in [0.1, 0.15) is 139 Å². The topological polar surface area (TPSA) is 108 Å². The van der Waals surface area contributed by atoms with Crippen LogP contribution in [0.2, 0.25) is 0 Å². The van der Waals surface area contributed by atoms with Gasteiger partial charge in [-0.15, -0.1) is 0 Å². The third-order valence-electron chi connectivity index (χ3n) is 9.96. The molecule has 0 saturated heterocycles. The Morgan fingerprint density at radius 3 is 1.85 bits per heavy atom. The summed E-state index contributed by atoms with van der Waals surface area (Å²) in [6.45, 7) is 5.95. The van der Waals surface area contributed by atoms with Crippen LogP contribution in [0.4, 0.5) is 0 Å². The van der Waals surface area contributed by atoms with E-state index < -0.39 is 7.60 Å². The summed E-state index contributed by atoms with van der Waals surface area (Å²) in [6, 6.07) is 19.8. The number of unbranched alkanes of at least 4 members (excludes halogenated alkanes) is 15. The Morgan fingerprint density at radius 2 is 1.22 bits per heavy atom. The minimum absolute atomic E-state index is 0.255. The summed E-state index contributed by atoms with van der Waals surface area (Å²) in [5.74, 6) is 0.527. The third-order valence-corrected chi connectivity index (χ3v) is 11.9. The average Bonchev–Trinajstić information content (AvgIpc) is 3.64. The lowest BCUT2D eigenvalue weighted by Gasteiger charge is -2.19. The first-order chi connectivity index (χ1) is 27.2. The van der Waals surface area contributed by atoms with Crippen molar-refractivity contribution >= 4 is 18.6 Å². The zero-order chi connectivity index (χ0) is 38.5. The zero-order valence-corrected chi connectivity index (χ0v) is 34.6. The number of benzene rings is 2. The maximum atomic E-state index is 13.8. The minimum atomic E-state index is -3.30. The fourth-order valence-corrected chi connectivity index (χ4v) is 8.33. The maximum absolute atomic E-state index is 13.8. The van der Waals surface area contributed by atoms with Crippen molar-refractivity contribution in [2.45, 2.75) is 142 Å². The van der Waals surface area contributed by atoms with E-state index in [0.29, 0.717) is 57.8 Å². The first kappa shape index (κ1) is 44.6. The lowest BCUT2D eigenvalue weighted by atomic mass is 10.0. The molecule has 2 heterocycles. The summed E-state index contributed by atoms with van der Waals surface area (Å²) in [5, 5.41) is 3.46. The molecule has 1 atom stereocenters. The number of nitrogens with zero attached hydrogens (tertiary/aromatic N) is 2. The second-order valence-corrected chi connectivity index (χ2v) is 16.9. The van der Waals surface area contributed by atoms with Gasteiger partial charge >= 0.3 is 7.60 Å². The van der Waals surface area contributed by atoms with Crippen LogP contribution in [-0.4, -0.2) is 47.5 Å². The number of nitrogens with one attached hydrogen (secondary N) is 2. The SMILES string of the molecule is CCCCCCCCCCCCCCCCCCOCCCOP(=O)(CCCNCc1c[nH]c2c(OCc3ccccc3)ncnc12)OCc1ccccc1. The van der Waals surface area contributed by atoms with Gasteiger partial charge in [-0.25, -0.2) is 4.98 Å². The van der Waals surface area contributed by atoms with Gasteiger partial charge in [-0.05, 0) is 36.9 Å². The van der Waals surface area contributed by atoms with Crippen molar-refractivity contribution in [2.24, 2.45) is 0 Å². The van der Waals surface area contributed by atoms with Crippen LogP contribution >= 0.6 is 7.60 Å². The lowest BCUT2D eigenvalue weighted by Crippen LogP contribution is -2.16. The number of aromatic amines is 1. The van der Waals surface area contributed by atoms with E-state index in [9.17, 15) is 4.57 Å². The van der Waals surface area contributed by atoms with E-state index in [1.807, 2.05) is 66.9 Å². The highest BCUT2D eigenvalue weighted by Gasteiger charge is 2.24. The van der Waals surface area contributed by atoms with E-state index in [4.69, 9.17) is 18.5 Å². The van der Waals surface area contributed by atoms with Crippen LogP contribution in [-0.2, 0) is 38.1 Å². The Morgan fingerprint density at radius 1 is 0.636 bits per heavy atom. The molecule has 2 aromatic carbocycles.